The predicted molar refractivity (Wildman–Crippen MR) is 121 cm³/mol. The van der Waals surface area contributed by atoms with Gasteiger partial charge in [-0.05, 0) is 55.1 Å². The Kier molecular flexibility index (Phi) is 5.61. The van der Waals surface area contributed by atoms with Crippen LogP contribution in [-0.2, 0) is 9.59 Å². The van der Waals surface area contributed by atoms with E-state index in [2.05, 4.69) is 5.32 Å². The molecule has 152 valence electrons. The summed E-state index contributed by atoms with van der Waals surface area (Å²) in [5, 5.41) is 5.62. The van der Waals surface area contributed by atoms with Crippen LogP contribution in [0.1, 0.15) is 17.4 Å². The standard InChI is InChI=1S/C23H19ClN2O3S/c1-3-29-16-8-4-7-15(13-16)26-22(27)20(19-11-6-12-30-19)21(23(26)28)25-18-10-5-9-17(24)14(18)2/h4-13,25H,3H2,1-2H3. The van der Waals surface area contributed by atoms with Gasteiger partial charge in [0.1, 0.15) is 11.4 Å². The summed E-state index contributed by atoms with van der Waals surface area (Å²) in [4.78, 5) is 28.7. The number of carbonyl (C=O) groups excluding carboxylic acids is 2. The van der Waals surface area contributed by atoms with Gasteiger partial charge in [-0.1, -0.05) is 29.8 Å². The van der Waals surface area contributed by atoms with E-state index in [4.69, 9.17) is 16.3 Å². The summed E-state index contributed by atoms with van der Waals surface area (Å²) in [6.07, 6.45) is 0. The van der Waals surface area contributed by atoms with Gasteiger partial charge in [0.05, 0.1) is 17.9 Å². The average Bonchev–Trinajstić information content (AvgIpc) is 3.33. The molecular weight excluding hydrogens is 420 g/mol. The molecule has 30 heavy (non-hydrogen) atoms. The molecule has 2 amide bonds. The second kappa shape index (κ2) is 8.34. The minimum Gasteiger partial charge on any atom is -0.494 e. The Bertz CT molecular complexity index is 1160. The number of carbonyl (C=O) groups is 2. The number of rotatable bonds is 6. The number of hydrogen-bond acceptors (Lipinski definition) is 5. The van der Waals surface area contributed by atoms with Crippen LogP contribution in [0.2, 0.25) is 5.02 Å². The monoisotopic (exact) mass is 438 g/mol. The second-order valence-corrected chi connectivity index (χ2v) is 8.00. The zero-order valence-electron chi connectivity index (χ0n) is 16.4. The summed E-state index contributed by atoms with van der Waals surface area (Å²) in [5.74, 6) is -0.199. The Labute approximate surface area is 183 Å². The number of thiophene rings is 1. The summed E-state index contributed by atoms with van der Waals surface area (Å²) < 4.78 is 5.54. The summed E-state index contributed by atoms with van der Waals surface area (Å²) in [6.45, 7) is 4.23. The van der Waals surface area contributed by atoms with Crippen molar-refractivity contribution in [3.8, 4) is 5.75 Å². The van der Waals surface area contributed by atoms with Crippen LogP contribution in [0.3, 0.4) is 0 Å². The zero-order valence-corrected chi connectivity index (χ0v) is 18.0. The van der Waals surface area contributed by atoms with Gasteiger partial charge in [-0.25, -0.2) is 4.90 Å². The lowest BCUT2D eigenvalue weighted by Gasteiger charge is -2.17. The van der Waals surface area contributed by atoms with Crippen LogP contribution in [0.25, 0.3) is 5.57 Å². The molecule has 5 nitrogen and oxygen atoms in total. The molecule has 2 heterocycles. The lowest BCUT2D eigenvalue weighted by atomic mass is 10.1. The van der Waals surface area contributed by atoms with Gasteiger partial charge in [0, 0.05) is 21.7 Å². The summed E-state index contributed by atoms with van der Waals surface area (Å²) in [6, 6.07) is 16.1. The fourth-order valence-corrected chi connectivity index (χ4v) is 4.23. The van der Waals surface area contributed by atoms with Gasteiger partial charge in [0.25, 0.3) is 11.8 Å². The molecule has 1 aliphatic rings. The topological polar surface area (TPSA) is 58.6 Å². The smallest absolute Gasteiger partial charge is 0.282 e. The number of anilines is 2. The van der Waals surface area contributed by atoms with Crippen LogP contribution in [0, 0.1) is 6.92 Å². The van der Waals surface area contributed by atoms with Gasteiger partial charge in [-0.3, -0.25) is 9.59 Å². The van der Waals surface area contributed by atoms with Crippen molar-refractivity contribution in [2.75, 3.05) is 16.8 Å². The van der Waals surface area contributed by atoms with Crippen molar-refractivity contribution in [3.63, 3.8) is 0 Å². The molecule has 7 heteroatoms. The highest BCUT2D eigenvalue weighted by Gasteiger charge is 2.41. The van der Waals surface area contributed by atoms with Crippen LogP contribution >= 0.6 is 22.9 Å². The number of amides is 2. The van der Waals surface area contributed by atoms with Crippen LogP contribution in [0.15, 0.2) is 65.7 Å². The minimum absolute atomic E-state index is 0.231. The molecule has 0 radical (unpaired) electrons. The number of benzene rings is 2. The first-order valence-electron chi connectivity index (χ1n) is 9.43. The number of imide groups is 1. The first-order valence-corrected chi connectivity index (χ1v) is 10.7. The Morgan fingerprint density at radius 2 is 1.87 bits per heavy atom. The van der Waals surface area contributed by atoms with Crippen molar-refractivity contribution in [3.05, 3.63) is 81.1 Å². The van der Waals surface area contributed by atoms with E-state index < -0.39 is 5.91 Å². The van der Waals surface area contributed by atoms with Crippen molar-refractivity contribution in [1.82, 2.24) is 0 Å². The highest BCUT2D eigenvalue weighted by molar-refractivity contribution is 7.11. The largest absolute Gasteiger partial charge is 0.494 e. The van der Waals surface area contributed by atoms with Crippen LogP contribution < -0.4 is 15.0 Å². The fraction of sp³-hybridized carbons (Fsp3) is 0.130. The molecule has 2 aromatic carbocycles. The maximum absolute atomic E-state index is 13.4. The molecule has 1 N–H and O–H groups in total. The molecule has 0 unspecified atom stereocenters. The maximum Gasteiger partial charge on any atom is 0.282 e. The van der Waals surface area contributed by atoms with E-state index in [0.29, 0.717) is 34.3 Å². The van der Waals surface area contributed by atoms with Gasteiger partial charge in [0.15, 0.2) is 0 Å². The van der Waals surface area contributed by atoms with Crippen molar-refractivity contribution in [2.24, 2.45) is 0 Å². The van der Waals surface area contributed by atoms with Gasteiger partial charge < -0.3 is 10.1 Å². The van der Waals surface area contributed by atoms with Gasteiger partial charge in [-0.2, -0.15) is 0 Å². The molecule has 3 aromatic rings. The lowest BCUT2D eigenvalue weighted by molar-refractivity contribution is -0.120. The maximum atomic E-state index is 13.4. The van der Waals surface area contributed by atoms with E-state index in [9.17, 15) is 9.59 Å². The third-order valence-corrected chi connectivity index (χ3v) is 6.06. The Morgan fingerprint density at radius 1 is 1.07 bits per heavy atom. The molecule has 0 fully saturated rings. The summed E-state index contributed by atoms with van der Waals surface area (Å²) in [5.41, 5.74) is 2.52. The molecule has 0 bridgehead atoms. The quantitative estimate of drug-likeness (QED) is 0.516. The van der Waals surface area contributed by atoms with Crippen molar-refractivity contribution >= 4 is 51.7 Å². The second-order valence-electron chi connectivity index (χ2n) is 6.64. The van der Waals surface area contributed by atoms with Gasteiger partial charge >= 0.3 is 0 Å². The minimum atomic E-state index is -0.420. The third kappa shape index (κ3) is 3.60. The van der Waals surface area contributed by atoms with Crippen molar-refractivity contribution in [2.45, 2.75) is 13.8 Å². The summed E-state index contributed by atoms with van der Waals surface area (Å²) in [7, 11) is 0. The molecule has 0 atom stereocenters. The van der Waals surface area contributed by atoms with E-state index in [0.717, 1.165) is 10.4 Å². The lowest BCUT2D eigenvalue weighted by Crippen LogP contribution is -2.32. The van der Waals surface area contributed by atoms with Crippen LogP contribution in [0.4, 0.5) is 11.4 Å². The Hall–Kier alpha value is -3.09. The Balaban J connectivity index is 1.79. The van der Waals surface area contributed by atoms with Crippen molar-refractivity contribution < 1.29 is 14.3 Å². The Morgan fingerprint density at radius 3 is 2.60 bits per heavy atom. The van der Waals surface area contributed by atoms with E-state index in [1.165, 1.54) is 16.2 Å². The number of nitrogens with one attached hydrogen (secondary N) is 1. The van der Waals surface area contributed by atoms with E-state index in [-0.39, 0.29) is 11.6 Å². The van der Waals surface area contributed by atoms with Gasteiger partial charge in [-0.15, -0.1) is 11.3 Å². The molecule has 0 aliphatic carbocycles. The van der Waals surface area contributed by atoms with Crippen LogP contribution in [0.5, 0.6) is 5.75 Å². The normalized spacial score (nSPS) is 13.9. The van der Waals surface area contributed by atoms with Crippen LogP contribution in [-0.4, -0.2) is 18.4 Å². The highest BCUT2D eigenvalue weighted by Crippen LogP contribution is 2.37. The number of hydrogen-bond donors (Lipinski definition) is 1. The first-order chi connectivity index (χ1) is 14.5. The predicted octanol–water partition coefficient (Wildman–Crippen LogP) is 5.51. The molecule has 0 saturated carbocycles. The molecule has 0 saturated heterocycles. The zero-order chi connectivity index (χ0) is 21.3. The SMILES string of the molecule is CCOc1cccc(N2C(=O)C(Nc3cccc(Cl)c3C)=C(c3cccs3)C2=O)c1. The number of ether oxygens (including phenoxy) is 1. The molecular formula is C23H19ClN2O3S. The van der Waals surface area contributed by atoms with E-state index >= 15 is 0 Å². The number of halogens is 1. The average molecular weight is 439 g/mol. The number of nitrogens with zero attached hydrogens (tertiary/aromatic N) is 1. The fourth-order valence-electron chi connectivity index (χ4n) is 3.29. The van der Waals surface area contributed by atoms with E-state index in [1.807, 2.05) is 37.4 Å². The van der Waals surface area contributed by atoms with E-state index in [1.54, 1.807) is 36.4 Å². The summed E-state index contributed by atoms with van der Waals surface area (Å²) >= 11 is 7.65. The molecule has 0 spiro atoms. The third-order valence-electron chi connectivity index (χ3n) is 4.77. The van der Waals surface area contributed by atoms with Crippen molar-refractivity contribution in [1.29, 1.82) is 0 Å². The molecule has 4 rings (SSSR count). The first kappa shape index (κ1) is 20.2. The molecule has 1 aliphatic heterocycles. The molecule has 1 aromatic heterocycles. The van der Waals surface area contributed by atoms with Gasteiger partial charge in [0.2, 0.25) is 0 Å². The highest BCUT2D eigenvalue weighted by atomic mass is 35.5.